The van der Waals surface area contributed by atoms with Crippen molar-refractivity contribution in [2.45, 2.75) is 60.0 Å². The number of aryl methyl sites for hydroxylation is 5. The van der Waals surface area contributed by atoms with E-state index in [0.717, 1.165) is 21.7 Å². The molecule has 1 unspecified atom stereocenters. The van der Waals surface area contributed by atoms with Crippen LogP contribution in [0.5, 0.6) is 0 Å². The Labute approximate surface area is 212 Å². The third kappa shape index (κ3) is 8.43. The highest BCUT2D eigenvalue weighted by atomic mass is 32.1. The molecule has 0 amide bonds. The second-order valence-corrected chi connectivity index (χ2v) is 10.4. The fourth-order valence-electron chi connectivity index (χ4n) is 2.75. The topological polar surface area (TPSA) is 102 Å². The minimum Gasteiger partial charge on any atom is -0.364 e. The van der Waals surface area contributed by atoms with Gasteiger partial charge in [0.25, 0.3) is 0 Å². The van der Waals surface area contributed by atoms with Crippen molar-refractivity contribution >= 4 is 22.7 Å². The van der Waals surface area contributed by atoms with Gasteiger partial charge in [-0.3, -0.25) is 0 Å². The number of imidazole rings is 1. The first kappa shape index (κ1) is 27.9. The number of tetrazole rings is 1. The van der Waals surface area contributed by atoms with E-state index in [4.69, 9.17) is 0 Å². The molecular weight excluding hydrogens is 460 g/mol. The molecule has 4 heterocycles. The molecule has 11 heteroatoms. The molecule has 1 atom stereocenters. The van der Waals surface area contributed by atoms with Gasteiger partial charge < -0.3 is 14.8 Å². The van der Waals surface area contributed by atoms with E-state index in [-0.39, 0.29) is 5.41 Å². The van der Waals surface area contributed by atoms with Crippen molar-refractivity contribution in [3.05, 3.63) is 58.3 Å². The number of hydrogen-bond acceptors (Lipinski definition) is 9. The van der Waals surface area contributed by atoms with Crippen molar-refractivity contribution in [1.82, 2.24) is 40.0 Å². The van der Waals surface area contributed by atoms with Crippen molar-refractivity contribution in [1.29, 1.82) is 0 Å². The first-order chi connectivity index (χ1) is 16.4. The molecule has 0 fully saturated rings. The van der Waals surface area contributed by atoms with Gasteiger partial charge in [-0.15, -0.1) is 26.6 Å². The summed E-state index contributed by atoms with van der Waals surface area (Å²) >= 11 is 1.67. The van der Waals surface area contributed by atoms with Crippen LogP contribution in [0.3, 0.4) is 0 Å². The average molecular weight is 499 g/mol. The number of benzene rings is 1. The Morgan fingerprint density at radius 3 is 1.97 bits per heavy atom. The van der Waals surface area contributed by atoms with E-state index in [1.54, 1.807) is 29.3 Å². The maximum absolute atomic E-state index is 4.06. The summed E-state index contributed by atoms with van der Waals surface area (Å²) in [5, 5.41) is 24.1. The minimum atomic E-state index is 0.159. The van der Waals surface area contributed by atoms with Gasteiger partial charge in [0.2, 0.25) is 0 Å². The molecule has 0 spiro atoms. The lowest BCUT2D eigenvalue weighted by molar-refractivity contribution is 0.578. The molecule has 1 aliphatic heterocycles. The van der Waals surface area contributed by atoms with Crippen LogP contribution in [0.2, 0.25) is 0 Å². The average Bonchev–Trinajstić information content (AvgIpc) is 3.56. The molecule has 0 radical (unpaired) electrons. The second-order valence-electron chi connectivity index (χ2n) is 9.26. The number of hydrogen-bond donors (Lipinski definition) is 1. The summed E-state index contributed by atoms with van der Waals surface area (Å²) in [6.45, 7) is 14.4. The summed E-state index contributed by atoms with van der Waals surface area (Å²) in [5.74, 6) is 1.89. The number of anilines is 2. The number of para-hydroxylation sites is 2. The molecule has 5 rings (SSSR count). The highest BCUT2D eigenvalue weighted by Gasteiger charge is 2.20. The van der Waals surface area contributed by atoms with Crippen LogP contribution in [0.4, 0.5) is 11.4 Å². The second kappa shape index (κ2) is 12.4. The summed E-state index contributed by atoms with van der Waals surface area (Å²) in [7, 11) is 5.88. The van der Waals surface area contributed by atoms with Crippen LogP contribution >= 0.6 is 11.3 Å². The standard InChI is InChI=1S/C9H12N2.C7H12N2S.C5H8N2.C3H6N4/c1-7-10-8-5-3-4-6-9(8)11(7)2;1-5-8-9-6(10-5)7(2,3)4;1-5-6-3-4-7(5)2;1-3-4-5-6-7(3)2/h3-7,10H,1-2H3;1-4H3;3-4H,1-2H3;1-2H3. The van der Waals surface area contributed by atoms with Crippen LogP contribution in [0.25, 0.3) is 0 Å². The van der Waals surface area contributed by atoms with Gasteiger partial charge in [0.15, 0.2) is 0 Å². The summed E-state index contributed by atoms with van der Waals surface area (Å²) in [4.78, 5) is 6.21. The molecule has 0 saturated carbocycles. The van der Waals surface area contributed by atoms with Crippen molar-refractivity contribution in [2.24, 2.45) is 14.1 Å². The van der Waals surface area contributed by atoms with Crippen LogP contribution in [0, 0.1) is 20.8 Å². The fraction of sp³-hybridized carbons (Fsp3) is 0.500. The van der Waals surface area contributed by atoms with E-state index >= 15 is 0 Å². The van der Waals surface area contributed by atoms with Gasteiger partial charge in [0.1, 0.15) is 21.7 Å². The van der Waals surface area contributed by atoms with Gasteiger partial charge in [0, 0.05) is 39.0 Å². The Hall–Kier alpha value is -3.34. The lowest BCUT2D eigenvalue weighted by Crippen LogP contribution is -2.28. The molecule has 4 aromatic rings. The lowest BCUT2D eigenvalue weighted by Gasteiger charge is -2.16. The SMILES string of the molecule is CC1Nc2ccccc2N1C.Cc1nccn1C.Cc1nnc(C(C)(C)C)s1.Cc1nnnn1C. The van der Waals surface area contributed by atoms with E-state index in [1.165, 1.54) is 11.4 Å². The first-order valence-electron chi connectivity index (χ1n) is 11.4. The van der Waals surface area contributed by atoms with E-state index < -0.39 is 0 Å². The molecule has 10 nitrogen and oxygen atoms in total. The minimum absolute atomic E-state index is 0.159. The van der Waals surface area contributed by atoms with Crippen LogP contribution in [-0.4, -0.2) is 53.2 Å². The quantitative estimate of drug-likeness (QED) is 0.383. The zero-order chi connectivity index (χ0) is 26.2. The Morgan fingerprint density at radius 2 is 1.63 bits per heavy atom. The fourth-order valence-corrected chi connectivity index (χ4v) is 3.50. The Morgan fingerprint density at radius 1 is 0.943 bits per heavy atom. The zero-order valence-electron chi connectivity index (χ0n) is 22.5. The summed E-state index contributed by atoms with van der Waals surface area (Å²) < 4.78 is 3.58. The van der Waals surface area contributed by atoms with E-state index in [2.05, 4.69) is 99.9 Å². The number of nitrogens with one attached hydrogen (secondary N) is 1. The summed E-state index contributed by atoms with van der Waals surface area (Å²) in [6, 6.07) is 8.36. The van der Waals surface area contributed by atoms with Gasteiger partial charge >= 0.3 is 0 Å². The molecule has 3 aromatic heterocycles. The number of aromatic nitrogens is 8. The third-order valence-electron chi connectivity index (χ3n) is 5.29. The highest BCUT2D eigenvalue weighted by molar-refractivity contribution is 7.11. The number of fused-ring (bicyclic) bond motifs is 1. The van der Waals surface area contributed by atoms with Gasteiger partial charge in [0.05, 0.1) is 17.5 Å². The predicted octanol–water partition coefficient (Wildman–Crippen LogP) is 4.29. The van der Waals surface area contributed by atoms with Gasteiger partial charge in [-0.05, 0) is 50.3 Å². The lowest BCUT2D eigenvalue weighted by atomic mass is 9.98. The number of nitrogens with zero attached hydrogens (tertiary/aromatic N) is 9. The van der Waals surface area contributed by atoms with Crippen molar-refractivity contribution in [3.8, 4) is 0 Å². The monoisotopic (exact) mass is 498 g/mol. The highest BCUT2D eigenvalue weighted by Crippen LogP contribution is 2.32. The van der Waals surface area contributed by atoms with Gasteiger partial charge in [-0.2, -0.15) is 0 Å². The first-order valence-corrected chi connectivity index (χ1v) is 12.2. The zero-order valence-corrected chi connectivity index (χ0v) is 23.3. The predicted molar refractivity (Wildman–Crippen MR) is 143 cm³/mol. The van der Waals surface area contributed by atoms with E-state index in [9.17, 15) is 0 Å². The molecule has 1 N–H and O–H groups in total. The van der Waals surface area contributed by atoms with Crippen LogP contribution in [-0.2, 0) is 19.5 Å². The van der Waals surface area contributed by atoms with Crippen molar-refractivity contribution in [3.63, 3.8) is 0 Å². The van der Waals surface area contributed by atoms with Crippen LogP contribution in [0.1, 0.15) is 49.4 Å². The van der Waals surface area contributed by atoms with E-state index in [0.29, 0.717) is 6.17 Å². The Balaban J connectivity index is 0.000000168. The maximum atomic E-state index is 4.06. The van der Waals surface area contributed by atoms with Crippen molar-refractivity contribution < 1.29 is 0 Å². The molecule has 1 aliphatic rings. The molecule has 1 aromatic carbocycles. The molecule has 0 aliphatic carbocycles. The molecule has 35 heavy (non-hydrogen) atoms. The van der Waals surface area contributed by atoms with Gasteiger partial charge in [-0.25, -0.2) is 9.67 Å². The smallest absolute Gasteiger partial charge is 0.147 e. The van der Waals surface area contributed by atoms with Crippen LogP contribution in [0.15, 0.2) is 36.7 Å². The summed E-state index contributed by atoms with van der Waals surface area (Å²) in [6.07, 6.45) is 4.14. The summed E-state index contributed by atoms with van der Waals surface area (Å²) in [5.41, 5.74) is 2.69. The molecule has 190 valence electrons. The van der Waals surface area contributed by atoms with Gasteiger partial charge in [-0.1, -0.05) is 32.9 Å². The van der Waals surface area contributed by atoms with Crippen molar-refractivity contribution in [2.75, 3.05) is 17.3 Å². The molecule has 0 bridgehead atoms. The van der Waals surface area contributed by atoms with E-state index in [1.807, 2.05) is 38.6 Å². The maximum Gasteiger partial charge on any atom is 0.147 e. The largest absolute Gasteiger partial charge is 0.364 e. The molecule has 0 saturated heterocycles. The Bertz CT molecular complexity index is 1100. The van der Waals surface area contributed by atoms with Crippen LogP contribution < -0.4 is 10.2 Å². The number of rotatable bonds is 0. The Kier molecular flexibility index (Phi) is 9.88. The molecular formula is C24H38N10S. The normalized spacial score (nSPS) is 13.9. The third-order valence-corrected chi connectivity index (χ3v) is 6.56.